The molecule has 1 heterocycles. The number of fused-ring (bicyclic) bond motifs is 1. The van der Waals surface area contributed by atoms with Gasteiger partial charge in [-0.15, -0.1) is 0 Å². The smallest absolute Gasteiger partial charge is 0.454 e. The Bertz CT molecular complexity index is 303. The van der Waals surface area contributed by atoms with Crippen LogP contribution in [0.1, 0.15) is 0 Å². The molecule has 0 N–H and O–H groups in total. The minimum Gasteiger partial charge on any atom is -0.454 e. The average Bonchev–Trinajstić information content (AvgIpc) is 2.49. The molecule has 5 heteroatoms. The van der Waals surface area contributed by atoms with Crippen molar-refractivity contribution < 1.29 is 18.1 Å². The molecule has 2 rings (SSSR count). The molecule has 62 valence electrons. The van der Waals surface area contributed by atoms with Crippen LogP contribution in [0.15, 0.2) is 18.2 Å². The summed E-state index contributed by atoms with van der Waals surface area (Å²) in [7, 11) is -2.46. The highest BCUT2D eigenvalue weighted by Crippen LogP contribution is 2.30. The lowest BCUT2D eigenvalue weighted by molar-refractivity contribution is 0.174. The summed E-state index contributed by atoms with van der Waals surface area (Å²) in [4.78, 5) is 0. The molecule has 0 aliphatic carbocycles. The SMILES string of the molecule is FB(F)c1ccc2c(c1)OCO2. The van der Waals surface area contributed by atoms with Crippen LogP contribution >= 0.6 is 0 Å². The number of hydrogen-bond acceptors (Lipinski definition) is 2. The maximum absolute atomic E-state index is 12.1. The van der Waals surface area contributed by atoms with E-state index in [2.05, 4.69) is 0 Å². The molecular weight excluding hydrogens is 165 g/mol. The Hall–Kier alpha value is -1.26. The maximum atomic E-state index is 12.1. The molecule has 0 bridgehead atoms. The van der Waals surface area contributed by atoms with Crippen molar-refractivity contribution in [2.75, 3.05) is 6.79 Å². The lowest BCUT2D eigenvalue weighted by atomic mass is 9.86. The topological polar surface area (TPSA) is 18.5 Å². The van der Waals surface area contributed by atoms with Crippen LogP contribution in [-0.2, 0) is 0 Å². The minimum absolute atomic E-state index is 0.0424. The fourth-order valence-corrected chi connectivity index (χ4v) is 1.05. The van der Waals surface area contributed by atoms with Crippen LogP contribution in [-0.4, -0.2) is 14.1 Å². The lowest BCUT2D eigenvalue weighted by Gasteiger charge is -1.97. The van der Waals surface area contributed by atoms with Gasteiger partial charge in [-0.2, -0.15) is 0 Å². The van der Waals surface area contributed by atoms with Crippen LogP contribution in [0.4, 0.5) is 8.63 Å². The van der Waals surface area contributed by atoms with Crippen LogP contribution < -0.4 is 14.9 Å². The molecule has 1 aromatic carbocycles. The number of benzene rings is 1. The third-order valence-corrected chi connectivity index (χ3v) is 1.65. The molecule has 0 saturated carbocycles. The number of halogens is 2. The summed E-state index contributed by atoms with van der Waals surface area (Å²) >= 11 is 0. The second-order valence-electron chi connectivity index (χ2n) is 2.41. The van der Waals surface area contributed by atoms with Gasteiger partial charge in [-0.25, -0.2) is 0 Å². The van der Waals surface area contributed by atoms with Crippen molar-refractivity contribution in [3.63, 3.8) is 0 Å². The van der Waals surface area contributed by atoms with Gasteiger partial charge in [-0.1, -0.05) is 6.07 Å². The van der Waals surface area contributed by atoms with E-state index in [1.807, 2.05) is 0 Å². The molecular formula is C7H5BF2O2. The zero-order valence-corrected chi connectivity index (χ0v) is 6.09. The van der Waals surface area contributed by atoms with E-state index in [4.69, 9.17) is 9.47 Å². The summed E-state index contributed by atoms with van der Waals surface area (Å²) in [6.45, 7) is 0.113. The monoisotopic (exact) mass is 170 g/mol. The third kappa shape index (κ3) is 1.11. The largest absolute Gasteiger partial charge is 0.572 e. The first-order valence-electron chi connectivity index (χ1n) is 3.45. The van der Waals surface area contributed by atoms with E-state index in [1.165, 1.54) is 18.2 Å². The van der Waals surface area contributed by atoms with Crippen molar-refractivity contribution in [2.45, 2.75) is 0 Å². The third-order valence-electron chi connectivity index (χ3n) is 1.65. The van der Waals surface area contributed by atoms with Crippen LogP contribution in [0, 0.1) is 0 Å². The van der Waals surface area contributed by atoms with E-state index in [0.717, 1.165) is 0 Å². The van der Waals surface area contributed by atoms with Crippen molar-refractivity contribution in [1.29, 1.82) is 0 Å². The van der Waals surface area contributed by atoms with Crippen molar-refractivity contribution in [1.82, 2.24) is 0 Å². The van der Waals surface area contributed by atoms with E-state index in [-0.39, 0.29) is 12.3 Å². The van der Waals surface area contributed by atoms with Gasteiger partial charge >= 0.3 is 7.27 Å². The number of ether oxygens (including phenoxy) is 2. The lowest BCUT2D eigenvalue weighted by Crippen LogP contribution is -2.19. The molecule has 1 aliphatic rings. The van der Waals surface area contributed by atoms with E-state index in [9.17, 15) is 8.63 Å². The van der Waals surface area contributed by atoms with Crippen molar-refractivity contribution in [3.05, 3.63) is 18.2 Å². The highest BCUT2D eigenvalue weighted by atomic mass is 19.2. The molecule has 0 fully saturated rings. The van der Waals surface area contributed by atoms with Gasteiger partial charge < -0.3 is 9.47 Å². The second-order valence-corrected chi connectivity index (χ2v) is 2.41. The van der Waals surface area contributed by atoms with Crippen LogP contribution in [0.2, 0.25) is 0 Å². The Morgan fingerprint density at radius 3 is 2.67 bits per heavy atom. The summed E-state index contributed by atoms with van der Waals surface area (Å²) in [5.74, 6) is 0.923. The van der Waals surface area contributed by atoms with Gasteiger partial charge in [0.25, 0.3) is 0 Å². The number of hydrogen-bond donors (Lipinski definition) is 0. The van der Waals surface area contributed by atoms with E-state index in [0.29, 0.717) is 11.5 Å². The minimum atomic E-state index is -2.46. The maximum Gasteiger partial charge on any atom is 0.572 e. The molecule has 0 saturated heterocycles. The Kier molecular flexibility index (Phi) is 1.64. The molecule has 0 spiro atoms. The van der Waals surface area contributed by atoms with Gasteiger partial charge in [0, 0.05) is 0 Å². The molecule has 0 amide bonds. The Morgan fingerprint density at radius 1 is 1.17 bits per heavy atom. The molecule has 12 heavy (non-hydrogen) atoms. The van der Waals surface area contributed by atoms with Crippen LogP contribution in [0.5, 0.6) is 11.5 Å². The van der Waals surface area contributed by atoms with Gasteiger partial charge in [-0.3, -0.25) is 8.63 Å². The van der Waals surface area contributed by atoms with Crippen LogP contribution in [0.25, 0.3) is 0 Å². The fourth-order valence-electron chi connectivity index (χ4n) is 1.05. The predicted octanol–water partition coefficient (Wildman–Crippen LogP) is 1.05. The molecule has 0 aromatic heterocycles. The Balaban J connectivity index is 2.39. The van der Waals surface area contributed by atoms with Gasteiger partial charge in [-0.05, 0) is 17.6 Å². The predicted molar refractivity (Wildman–Crippen MR) is 40.2 cm³/mol. The summed E-state index contributed by atoms with van der Waals surface area (Å²) in [6, 6.07) is 4.12. The van der Waals surface area contributed by atoms with Gasteiger partial charge in [0.1, 0.15) is 0 Å². The summed E-state index contributed by atoms with van der Waals surface area (Å²) in [5, 5.41) is 0. The van der Waals surface area contributed by atoms with E-state index >= 15 is 0 Å². The van der Waals surface area contributed by atoms with Crippen LogP contribution in [0.3, 0.4) is 0 Å². The van der Waals surface area contributed by atoms with Crippen molar-refractivity contribution in [3.8, 4) is 11.5 Å². The molecule has 0 radical (unpaired) electrons. The normalized spacial score (nSPS) is 13.2. The fraction of sp³-hybridized carbons (Fsp3) is 0.143. The quantitative estimate of drug-likeness (QED) is 0.586. The Labute approximate surface area is 68.3 Å². The zero-order valence-electron chi connectivity index (χ0n) is 6.09. The van der Waals surface area contributed by atoms with E-state index < -0.39 is 7.27 Å². The standard InChI is InChI=1S/C7H5BF2O2/c9-8(10)5-1-2-6-7(3-5)12-4-11-6/h1-3H,4H2. The summed E-state index contributed by atoms with van der Waals surface area (Å²) in [5.41, 5.74) is -0.0424. The molecule has 1 aromatic rings. The molecule has 0 unspecified atom stereocenters. The first-order chi connectivity index (χ1) is 5.77. The summed E-state index contributed by atoms with van der Waals surface area (Å²) < 4.78 is 34.2. The highest BCUT2D eigenvalue weighted by Gasteiger charge is 2.20. The highest BCUT2D eigenvalue weighted by molar-refractivity contribution is 6.60. The molecule has 1 aliphatic heterocycles. The number of rotatable bonds is 1. The second kappa shape index (κ2) is 2.66. The Morgan fingerprint density at radius 2 is 1.92 bits per heavy atom. The molecule has 0 atom stereocenters. The van der Waals surface area contributed by atoms with Gasteiger partial charge in [0.05, 0.1) is 0 Å². The van der Waals surface area contributed by atoms with E-state index in [1.54, 1.807) is 0 Å². The first-order valence-corrected chi connectivity index (χ1v) is 3.45. The van der Waals surface area contributed by atoms with Crippen molar-refractivity contribution in [2.24, 2.45) is 0 Å². The zero-order chi connectivity index (χ0) is 8.55. The first kappa shape index (κ1) is 7.40. The van der Waals surface area contributed by atoms with Gasteiger partial charge in [0.15, 0.2) is 11.5 Å². The molecule has 2 nitrogen and oxygen atoms in total. The van der Waals surface area contributed by atoms with Crippen molar-refractivity contribution >= 4 is 12.7 Å². The van der Waals surface area contributed by atoms with Gasteiger partial charge in [0.2, 0.25) is 6.79 Å². The summed E-state index contributed by atoms with van der Waals surface area (Å²) in [6.07, 6.45) is 0. The average molecular weight is 170 g/mol.